The lowest BCUT2D eigenvalue weighted by Crippen LogP contribution is -2.11. The molecule has 94 valence electrons. The van der Waals surface area contributed by atoms with E-state index in [9.17, 15) is 0 Å². The smallest absolute Gasteiger partial charge is 0.131 e. The van der Waals surface area contributed by atoms with E-state index in [1.165, 1.54) is 22.3 Å². The van der Waals surface area contributed by atoms with Gasteiger partial charge >= 0.3 is 0 Å². The summed E-state index contributed by atoms with van der Waals surface area (Å²) in [4.78, 5) is 0. The number of rotatable bonds is 0. The monoisotopic (exact) mass is 248 g/mol. The van der Waals surface area contributed by atoms with Crippen LogP contribution >= 0.6 is 0 Å². The molecule has 1 unspecified atom stereocenters. The summed E-state index contributed by atoms with van der Waals surface area (Å²) < 4.78 is 6.08. The van der Waals surface area contributed by atoms with Gasteiger partial charge < -0.3 is 4.74 Å². The fourth-order valence-corrected chi connectivity index (χ4v) is 3.26. The van der Waals surface area contributed by atoms with Crippen LogP contribution < -0.4 is 4.74 Å². The van der Waals surface area contributed by atoms with Gasteiger partial charge in [-0.3, -0.25) is 0 Å². The van der Waals surface area contributed by atoms with Gasteiger partial charge in [-0.2, -0.15) is 0 Å². The van der Waals surface area contributed by atoms with E-state index in [0.29, 0.717) is 5.92 Å². The van der Waals surface area contributed by atoms with E-state index < -0.39 is 0 Å². The van der Waals surface area contributed by atoms with Crippen molar-refractivity contribution in [3.63, 3.8) is 0 Å². The van der Waals surface area contributed by atoms with Crippen molar-refractivity contribution < 1.29 is 4.74 Å². The van der Waals surface area contributed by atoms with Crippen LogP contribution in [0, 0.1) is 0 Å². The third-order valence-electron chi connectivity index (χ3n) is 4.24. The molecule has 1 aliphatic carbocycles. The maximum atomic E-state index is 6.08. The predicted molar refractivity (Wildman–Crippen MR) is 77.8 cm³/mol. The highest BCUT2D eigenvalue weighted by Gasteiger charge is 2.27. The van der Waals surface area contributed by atoms with Crippen molar-refractivity contribution in [2.45, 2.75) is 25.7 Å². The molecule has 1 heterocycles. The van der Waals surface area contributed by atoms with E-state index in [1.54, 1.807) is 0 Å². The Hall–Kier alpha value is -2.02. The molecule has 2 aromatic rings. The maximum Gasteiger partial charge on any atom is 0.131 e. The van der Waals surface area contributed by atoms with Gasteiger partial charge in [0, 0.05) is 17.0 Å². The lowest BCUT2D eigenvalue weighted by Gasteiger charge is -2.29. The first kappa shape index (κ1) is 10.9. The SMILES string of the molecule is CC1c2ccccc2Oc2ccc3c(c21)C=CCC3. The zero-order valence-electron chi connectivity index (χ0n) is 11.0. The summed E-state index contributed by atoms with van der Waals surface area (Å²) in [5, 5.41) is 0. The molecule has 1 aliphatic heterocycles. The summed E-state index contributed by atoms with van der Waals surface area (Å²) in [5.41, 5.74) is 5.48. The number of allylic oxidation sites excluding steroid dienone is 1. The van der Waals surface area contributed by atoms with E-state index in [0.717, 1.165) is 24.3 Å². The summed E-state index contributed by atoms with van der Waals surface area (Å²) in [6.45, 7) is 2.28. The highest BCUT2D eigenvalue weighted by atomic mass is 16.5. The van der Waals surface area contributed by atoms with Crippen molar-refractivity contribution in [1.29, 1.82) is 0 Å². The van der Waals surface area contributed by atoms with Crippen LogP contribution in [0.5, 0.6) is 11.5 Å². The number of ether oxygens (including phenoxy) is 1. The Balaban J connectivity index is 1.96. The third kappa shape index (κ3) is 1.54. The summed E-state index contributed by atoms with van der Waals surface area (Å²) in [6.07, 6.45) is 6.84. The average molecular weight is 248 g/mol. The normalized spacial score (nSPS) is 19.1. The molecule has 0 saturated heterocycles. The second-order valence-electron chi connectivity index (χ2n) is 5.35. The number of benzene rings is 2. The Morgan fingerprint density at radius 3 is 2.89 bits per heavy atom. The van der Waals surface area contributed by atoms with Gasteiger partial charge in [0.15, 0.2) is 0 Å². The van der Waals surface area contributed by atoms with Crippen LogP contribution in [-0.4, -0.2) is 0 Å². The van der Waals surface area contributed by atoms with Crippen molar-refractivity contribution in [3.8, 4) is 11.5 Å². The number of para-hydroxylation sites is 1. The Labute approximate surface area is 113 Å². The van der Waals surface area contributed by atoms with Crippen LogP contribution in [0.15, 0.2) is 42.5 Å². The third-order valence-corrected chi connectivity index (χ3v) is 4.24. The lowest BCUT2D eigenvalue weighted by molar-refractivity contribution is 0.449. The first-order valence-electron chi connectivity index (χ1n) is 6.93. The van der Waals surface area contributed by atoms with E-state index in [1.807, 2.05) is 6.07 Å². The molecule has 4 rings (SSSR count). The highest BCUT2D eigenvalue weighted by molar-refractivity contribution is 5.68. The molecule has 0 radical (unpaired) electrons. The number of aryl methyl sites for hydroxylation is 1. The molecule has 1 nitrogen and oxygen atoms in total. The van der Waals surface area contributed by atoms with E-state index in [2.05, 4.69) is 49.4 Å². The molecule has 0 spiro atoms. The molecule has 0 saturated carbocycles. The van der Waals surface area contributed by atoms with E-state index in [4.69, 9.17) is 4.74 Å². The van der Waals surface area contributed by atoms with Crippen molar-refractivity contribution in [2.24, 2.45) is 0 Å². The van der Waals surface area contributed by atoms with Crippen LogP contribution in [-0.2, 0) is 6.42 Å². The zero-order chi connectivity index (χ0) is 12.8. The highest BCUT2D eigenvalue weighted by Crippen LogP contribution is 2.46. The minimum Gasteiger partial charge on any atom is -0.457 e. The molecule has 1 atom stereocenters. The summed E-state index contributed by atoms with van der Waals surface area (Å²) in [5.74, 6) is 2.43. The second kappa shape index (κ2) is 3.99. The van der Waals surface area contributed by atoms with Crippen LogP contribution in [0.3, 0.4) is 0 Å². The van der Waals surface area contributed by atoms with Crippen molar-refractivity contribution in [1.82, 2.24) is 0 Å². The van der Waals surface area contributed by atoms with Gasteiger partial charge in [-0.05, 0) is 36.1 Å². The van der Waals surface area contributed by atoms with Gasteiger partial charge in [0.1, 0.15) is 11.5 Å². The zero-order valence-corrected chi connectivity index (χ0v) is 11.0. The molecule has 0 amide bonds. The predicted octanol–water partition coefficient (Wildman–Crippen LogP) is 4.90. The number of hydrogen-bond donors (Lipinski definition) is 0. The van der Waals surface area contributed by atoms with Crippen molar-refractivity contribution in [3.05, 3.63) is 64.7 Å². The Bertz CT molecular complexity index is 682. The Morgan fingerprint density at radius 1 is 1.05 bits per heavy atom. The van der Waals surface area contributed by atoms with E-state index >= 15 is 0 Å². The van der Waals surface area contributed by atoms with Gasteiger partial charge in [0.25, 0.3) is 0 Å². The van der Waals surface area contributed by atoms with Crippen LogP contribution in [0.4, 0.5) is 0 Å². The minimum absolute atomic E-state index is 0.401. The molecular formula is C18H16O. The molecule has 0 fully saturated rings. The lowest BCUT2D eigenvalue weighted by atomic mass is 9.82. The van der Waals surface area contributed by atoms with Gasteiger partial charge in [-0.25, -0.2) is 0 Å². The number of fused-ring (bicyclic) bond motifs is 4. The molecule has 0 N–H and O–H groups in total. The molecule has 2 aliphatic rings. The molecule has 2 aromatic carbocycles. The maximum absolute atomic E-state index is 6.08. The van der Waals surface area contributed by atoms with Crippen LogP contribution in [0.25, 0.3) is 6.08 Å². The molecule has 19 heavy (non-hydrogen) atoms. The van der Waals surface area contributed by atoms with Gasteiger partial charge in [0.05, 0.1) is 0 Å². The van der Waals surface area contributed by atoms with Gasteiger partial charge in [0.2, 0.25) is 0 Å². The second-order valence-corrected chi connectivity index (χ2v) is 5.35. The van der Waals surface area contributed by atoms with Crippen molar-refractivity contribution in [2.75, 3.05) is 0 Å². The van der Waals surface area contributed by atoms with Gasteiger partial charge in [-0.1, -0.05) is 43.3 Å². The van der Waals surface area contributed by atoms with Crippen molar-refractivity contribution >= 4 is 6.08 Å². The van der Waals surface area contributed by atoms with Gasteiger partial charge in [-0.15, -0.1) is 0 Å². The van der Waals surface area contributed by atoms with Crippen LogP contribution in [0.1, 0.15) is 41.5 Å². The minimum atomic E-state index is 0.401. The summed E-state index contributed by atoms with van der Waals surface area (Å²) in [7, 11) is 0. The molecular weight excluding hydrogens is 232 g/mol. The fraction of sp³-hybridized carbons (Fsp3) is 0.222. The fourth-order valence-electron chi connectivity index (χ4n) is 3.26. The molecule has 0 bridgehead atoms. The Morgan fingerprint density at radius 2 is 1.95 bits per heavy atom. The average Bonchev–Trinajstić information content (AvgIpc) is 2.47. The standard InChI is InChI=1S/C18H16O/c1-12-14-7-4-5-9-16(14)19-17-11-10-13-6-2-3-8-15(13)18(12)17/h3-5,7-12H,2,6H2,1H3. The summed E-state index contributed by atoms with van der Waals surface area (Å²) in [6, 6.07) is 12.7. The first-order chi connectivity index (χ1) is 9.34. The summed E-state index contributed by atoms with van der Waals surface area (Å²) >= 11 is 0. The molecule has 1 heteroatoms. The number of hydrogen-bond acceptors (Lipinski definition) is 1. The Kier molecular flexibility index (Phi) is 2.28. The largest absolute Gasteiger partial charge is 0.457 e. The topological polar surface area (TPSA) is 9.23 Å². The van der Waals surface area contributed by atoms with Crippen LogP contribution in [0.2, 0.25) is 0 Å². The first-order valence-corrected chi connectivity index (χ1v) is 6.93. The van der Waals surface area contributed by atoms with E-state index in [-0.39, 0.29) is 0 Å². The molecule has 0 aromatic heterocycles. The quantitative estimate of drug-likeness (QED) is 0.644.